The minimum absolute atomic E-state index is 0.00491. The molecule has 0 saturated carbocycles. The van der Waals surface area contributed by atoms with E-state index in [1.807, 2.05) is 44.2 Å². The van der Waals surface area contributed by atoms with Gasteiger partial charge in [0, 0.05) is 29.2 Å². The maximum absolute atomic E-state index is 13.5. The van der Waals surface area contributed by atoms with Crippen LogP contribution in [0.25, 0.3) is 0 Å². The molecule has 0 saturated heterocycles. The number of hydrogen-bond donors (Lipinski definition) is 2. The van der Waals surface area contributed by atoms with Crippen LogP contribution in [0.3, 0.4) is 0 Å². The molecule has 1 amide bonds. The van der Waals surface area contributed by atoms with Crippen molar-refractivity contribution in [1.82, 2.24) is 4.72 Å². The topological polar surface area (TPSA) is 105 Å². The first kappa shape index (κ1) is 22.4. The Hall–Kier alpha value is -2.26. The van der Waals surface area contributed by atoms with E-state index in [1.54, 1.807) is 23.1 Å². The second-order valence-electron chi connectivity index (χ2n) is 7.26. The van der Waals surface area contributed by atoms with Crippen molar-refractivity contribution in [2.45, 2.75) is 26.3 Å². The van der Waals surface area contributed by atoms with E-state index >= 15 is 0 Å². The van der Waals surface area contributed by atoms with Crippen molar-refractivity contribution in [2.75, 3.05) is 18.0 Å². The van der Waals surface area contributed by atoms with Crippen molar-refractivity contribution in [1.29, 1.82) is 0 Å². The van der Waals surface area contributed by atoms with E-state index in [9.17, 15) is 13.2 Å². The molecule has 1 aliphatic heterocycles. The zero-order valence-electron chi connectivity index (χ0n) is 16.9. The second kappa shape index (κ2) is 9.26. The van der Waals surface area contributed by atoms with Crippen molar-refractivity contribution in [2.24, 2.45) is 16.0 Å². The number of benzene rings is 2. The number of hydrogen-bond acceptors (Lipinski definition) is 4. The second-order valence-corrected chi connectivity index (χ2v) is 9.08. The van der Waals surface area contributed by atoms with E-state index in [0.717, 1.165) is 17.5 Å². The van der Waals surface area contributed by atoms with Crippen LogP contribution in [0.2, 0.25) is 5.02 Å². The lowest BCUT2D eigenvalue weighted by Crippen LogP contribution is -2.45. The molecule has 1 unspecified atom stereocenters. The van der Waals surface area contributed by atoms with Gasteiger partial charge in [-0.2, -0.15) is 8.42 Å². The van der Waals surface area contributed by atoms with Gasteiger partial charge in [0.15, 0.2) is 0 Å². The van der Waals surface area contributed by atoms with Gasteiger partial charge in [0.1, 0.15) is 6.04 Å². The number of aliphatic imine (C=N–C) groups is 1. The molecular weight excluding hydrogens is 424 g/mol. The van der Waals surface area contributed by atoms with Gasteiger partial charge < -0.3 is 4.90 Å². The summed E-state index contributed by atoms with van der Waals surface area (Å²) in [5.41, 5.74) is 2.93. The Morgan fingerprint density at radius 1 is 1.23 bits per heavy atom. The molecule has 0 radical (unpaired) electrons. The number of benzodiazepines with no additional fused rings is 1. The number of fused-ring (bicyclic) bond motifs is 1. The Bertz CT molecular complexity index is 1060. The zero-order chi connectivity index (χ0) is 21.9. The highest BCUT2D eigenvalue weighted by atomic mass is 35.5. The minimum atomic E-state index is -3.86. The number of nitrogens with one attached hydrogen (secondary N) is 1. The smallest absolute Gasteiger partial charge is 0.274 e. The quantitative estimate of drug-likeness (QED) is 0.680. The third-order valence-electron chi connectivity index (χ3n) is 5.16. The Balaban J connectivity index is 2.14. The summed E-state index contributed by atoms with van der Waals surface area (Å²) >= 11 is 6.29. The Labute approximate surface area is 182 Å². The highest BCUT2D eigenvalue weighted by molar-refractivity contribution is 7.87. The summed E-state index contributed by atoms with van der Waals surface area (Å²) in [5.74, 6) is -0.190. The largest absolute Gasteiger partial charge is 0.309 e. The van der Waals surface area contributed by atoms with Crippen LogP contribution in [0.15, 0.2) is 53.5 Å². The summed E-state index contributed by atoms with van der Waals surface area (Å²) < 4.78 is 24.8. The number of halogens is 1. The summed E-state index contributed by atoms with van der Waals surface area (Å²) in [6.45, 7) is 4.10. The Kier molecular flexibility index (Phi) is 6.92. The SMILES string of the molecule is CC[C@H](C)C1N=C(c2ccccc2)c2cc(Cl)ccc2N(CCNS(N)(=O)=O)C1=O. The van der Waals surface area contributed by atoms with Crippen LogP contribution in [0.1, 0.15) is 31.4 Å². The molecule has 2 aromatic rings. The molecule has 0 fully saturated rings. The number of amides is 1. The average molecular weight is 449 g/mol. The van der Waals surface area contributed by atoms with Crippen molar-refractivity contribution in [3.05, 3.63) is 64.7 Å². The molecule has 1 aliphatic rings. The number of carbonyl (C=O) groups is 1. The number of carbonyl (C=O) groups excluding carboxylic acids is 1. The lowest BCUT2D eigenvalue weighted by Gasteiger charge is -2.27. The summed E-state index contributed by atoms with van der Waals surface area (Å²) in [6.07, 6.45) is 0.766. The zero-order valence-corrected chi connectivity index (χ0v) is 18.4. The summed E-state index contributed by atoms with van der Waals surface area (Å²) in [7, 11) is -3.86. The molecule has 2 aromatic carbocycles. The molecule has 9 heteroatoms. The van der Waals surface area contributed by atoms with Crippen LogP contribution in [0.4, 0.5) is 5.69 Å². The van der Waals surface area contributed by atoms with Crippen molar-refractivity contribution in [3.63, 3.8) is 0 Å². The van der Waals surface area contributed by atoms with Gasteiger partial charge in [0.2, 0.25) is 0 Å². The highest BCUT2D eigenvalue weighted by Gasteiger charge is 2.34. The lowest BCUT2D eigenvalue weighted by atomic mass is 9.98. The average Bonchev–Trinajstić information content (AvgIpc) is 2.82. The van der Waals surface area contributed by atoms with Crippen molar-refractivity contribution in [3.8, 4) is 0 Å². The maximum Gasteiger partial charge on any atom is 0.274 e. The molecule has 0 spiro atoms. The summed E-state index contributed by atoms with van der Waals surface area (Å²) in [5, 5.41) is 5.57. The predicted octanol–water partition coefficient (Wildman–Crippen LogP) is 2.73. The highest BCUT2D eigenvalue weighted by Crippen LogP contribution is 2.32. The first-order valence-corrected chi connectivity index (χ1v) is 11.7. The lowest BCUT2D eigenvalue weighted by molar-refractivity contribution is -0.120. The van der Waals surface area contributed by atoms with Crippen LogP contribution in [-0.2, 0) is 15.0 Å². The van der Waals surface area contributed by atoms with E-state index < -0.39 is 16.3 Å². The van der Waals surface area contributed by atoms with E-state index in [4.69, 9.17) is 21.7 Å². The molecule has 160 valence electrons. The van der Waals surface area contributed by atoms with E-state index in [0.29, 0.717) is 16.4 Å². The van der Waals surface area contributed by atoms with Crippen LogP contribution < -0.4 is 14.8 Å². The van der Waals surface area contributed by atoms with Crippen molar-refractivity contribution >= 4 is 39.1 Å². The standard InChI is InChI=1S/C21H25ClN4O3S/c1-3-14(2)19-21(27)26(12-11-24-30(23,28)29)18-10-9-16(22)13-17(18)20(25-19)15-7-5-4-6-8-15/h4-10,13-14,19,24H,3,11-12H2,1-2H3,(H2,23,28,29)/t14-,19?/m0/s1. The van der Waals surface area contributed by atoms with Gasteiger partial charge in [0.25, 0.3) is 16.1 Å². The predicted molar refractivity (Wildman–Crippen MR) is 120 cm³/mol. The number of nitrogens with two attached hydrogens (primary N) is 1. The van der Waals surface area contributed by atoms with Gasteiger partial charge in [0.05, 0.1) is 11.4 Å². The molecule has 3 N–H and O–H groups in total. The fourth-order valence-electron chi connectivity index (χ4n) is 3.43. The van der Waals surface area contributed by atoms with Crippen molar-refractivity contribution < 1.29 is 13.2 Å². The van der Waals surface area contributed by atoms with Gasteiger partial charge >= 0.3 is 0 Å². The normalized spacial score (nSPS) is 17.9. The van der Waals surface area contributed by atoms with Gasteiger partial charge in [-0.15, -0.1) is 0 Å². The summed E-state index contributed by atoms with van der Waals surface area (Å²) in [4.78, 5) is 20.0. The summed E-state index contributed by atoms with van der Waals surface area (Å²) in [6, 6.07) is 14.3. The molecule has 3 rings (SSSR count). The van der Waals surface area contributed by atoms with Crippen LogP contribution in [-0.4, -0.2) is 39.2 Å². The fraction of sp³-hybridized carbons (Fsp3) is 0.333. The maximum atomic E-state index is 13.5. The Morgan fingerprint density at radius 3 is 2.57 bits per heavy atom. The van der Waals surface area contributed by atoms with Gasteiger partial charge in [-0.25, -0.2) is 9.86 Å². The minimum Gasteiger partial charge on any atom is -0.309 e. The first-order valence-electron chi connectivity index (χ1n) is 9.73. The molecule has 0 aromatic heterocycles. The molecular formula is C21H25ClN4O3S. The third-order valence-corrected chi connectivity index (χ3v) is 6.00. The molecule has 0 aliphatic carbocycles. The molecule has 1 heterocycles. The molecule has 0 bridgehead atoms. The first-order chi connectivity index (χ1) is 14.2. The van der Waals surface area contributed by atoms with Crippen LogP contribution >= 0.6 is 11.6 Å². The van der Waals surface area contributed by atoms with Gasteiger partial charge in [-0.1, -0.05) is 62.2 Å². The molecule has 30 heavy (non-hydrogen) atoms. The van der Waals surface area contributed by atoms with E-state index in [1.165, 1.54) is 0 Å². The van der Waals surface area contributed by atoms with Crippen LogP contribution in [0.5, 0.6) is 0 Å². The number of nitrogens with zero attached hydrogens (tertiary/aromatic N) is 2. The van der Waals surface area contributed by atoms with Crippen LogP contribution in [0, 0.1) is 5.92 Å². The fourth-order valence-corrected chi connectivity index (χ4v) is 3.97. The number of rotatable bonds is 7. The van der Waals surface area contributed by atoms with E-state index in [2.05, 4.69) is 4.72 Å². The van der Waals surface area contributed by atoms with Gasteiger partial charge in [-0.3, -0.25) is 9.79 Å². The molecule has 2 atom stereocenters. The third kappa shape index (κ3) is 5.07. The Morgan fingerprint density at radius 2 is 1.93 bits per heavy atom. The molecule has 7 nitrogen and oxygen atoms in total. The number of anilines is 1. The van der Waals surface area contributed by atoms with Gasteiger partial charge in [-0.05, 0) is 24.1 Å². The van der Waals surface area contributed by atoms with E-state index in [-0.39, 0.29) is 24.9 Å². The monoisotopic (exact) mass is 448 g/mol.